The van der Waals surface area contributed by atoms with Crippen LogP contribution in [0, 0.1) is 0 Å². The predicted octanol–water partition coefficient (Wildman–Crippen LogP) is 3.34. The molecule has 0 saturated carbocycles. The van der Waals surface area contributed by atoms with Gasteiger partial charge in [0.2, 0.25) is 5.88 Å². The molecule has 1 aliphatic heterocycles. The van der Waals surface area contributed by atoms with Gasteiger partial charge in [-0.2, -0.15) is 0 Å². The average molecular weight is 335 g/mol. The SMILES string of the molecule is Cn1cnnc1C1CCCN1Cc1cccc(Oc2ccccn2)c1. The highest BCUT2D eigenvalue weighted by Crippen LogP contribution is 2.32. The second kappa shape index (κ2) is 7.03. The van der Waals surface area contributed by atoms with Crippen molar-refractivity contribution in [2.75, 3.05) is 6.54 Å². The molecule has 0 spiro atoms. The van der Waals surface area contributed by atoms with Crippen LogP contribution in [-0.2, 0) is 13.6 Å². The number of hydrogen-bond acceptors (Lipinski definition) is 5. The summed E-state index contributed by atoms with van der Waals surface area (Å²) in [5.41, 5.74) is 1.22. The van der Waals surface area contributed by atoms with E-state index in [0.29, 0.717) is 11.9 Å². The van der Waals surface area contributed by atoms with Crippen molar-refractivity contribution in [3.05, 3.63) is 66.4 Å². The molecule has 1 saturated heterocycles. The van der Waals surface area contributed by atoms with E-state index in [4.69, 9.17) is 4.74 Å². The van der Waals surface area contributed by atoms with Crippen LogP contribution >= 0.6 is 0 Å². The fourth-order valence-electron chi connectivity index (χ4n) is 3.37. The van der Waals surface area contributed by atoms with Gasteiger partial charge in [0, 0.05) is 25.9 Å². The van der Waals surface area contributed by atoms with Gasteiger partial charge in [-0.05, 0) is 43.1 Å². The molecule has 0 aliphatic carbocycles. The third-order valence-electron chi connectivity index (χ3n) is 4.55. The van der Waals surface area contributed by atoms with Gasteiger partial charge in [-0.25, -0.2) is 4.98 Å². The molecule has 3 aromatic rings. The van der Waals surface area contributed by atoms with Gasteiger partial charge < -0.3 is 9.30 Å². The Hall–Kier alpha value is -2.73. The smallest absolute Gasteiger partial charge is 0.219 e. The van der Waals surface area contributed by atoms with Crippen molar-refractivity contribution >= 4 is 0 Å². The summed E-state index contributed by atoms with van der Waals surface area (Å²) in [6.07, 6.45) is 5.81. The monoisotopic (exact) mass is 335 g/mol. The Morgan fingerprint density at radius 2 is 2.16 bits per heavy atom. The molecule has 1 unspecified atom stereocenters. The fourth-order valence-corrected chi connectivity index (χ4v) is 3.37. The molecule has 0 amide bonds. The molecule has 0 N–H and O–H groups in total. The highest BCUT2D eigenvalue weighted by Gasteiger charge is 2.29. The molecule has 6 nitrogen and oxygen atoms in total. The van der Waals surface area contributed by atoms with Gasteiger partial charge in [0.05, 0.1) is 6.04 Å². The van der Waals surface area contributed by atoms with Gasteiger partial charge in [-0.3, -0.25) is 4.90 Å². The predicted molar refractivity (Wildman–Crippen MR) is 94.1 cm³/mol. The van der Waals surface area contributed by atoms with E-state index in [1.165, 1.54) is 12.0 Å². The third kappa shape index (κ3) is 3.53. The van der Waals surface area contributed by atoms with Crippen molar-refractivity contribution < 1.29 is 4.74 Å². The lowest BCUT2D eigenvalue weighted by Gasteiger charge is -2.23. The number of pyridine rings is 1. The first-order valence-electron chi connectivity index (χ1n) is 8.55. The Bertz CT molecular complexity index is 833. The van der Waals surface area contributed by atoms with Crippen LogP contribution in [0.5, 0.6) is 11.6 Å². The molecule has 1 atom stereocenters. The fraction of sp³-hybridized carbons (Fsp3) is 0.316. The maximum atomic E-state index is 5.85. The maximum Gasteiger partial charge on any atom is 0.219 e. The Kier molecular flexibility index (Phi) is 4.43. The van der Waals surface area contributed by atoms with Gasteiger partial charge in [-0.1, -0.05) is 18.2 Å². The quantitative estimate of drug-likeness (QED) is 0.716. The molecule has 128 valence electrons. The topological polar surface area (TPSA) is 56.1 Å². The van der Waals surface area contributed by atoms with E-state index in [1.54, 1.807) is 12.5 Å². The second-order valence-corrected chi connectivity index (χ2v) is 6.35. The van der Waals surface area contributed by atoms with E-state index < -0.39 is 0 Å². The molecule has 0 radical (unpaired) electrons. The summed E-state index contributed by atoms with van der Waals surface area (Å²) < 4.78 is 7.86. The highest BCUT2D eigenvalue weighted by molar-refractivity contribution is 5.31. The summed E-state index contributed by atoms with van der Waals surface area (Å²) in [6.45, 7) is 1.94. The number of ether oxygens (including phenoxy) is 1. The lowest BCUT2D eigenvalue weighted by Crippen LogP contribution is -2.24. The first kappa shape index (κ1) is 15.8. The molecule has 2 aromatic heterocycles. The standard InChI is InChI=1S/C19H21N5O/c1-23-14-21-22-19(23)17-8-5-11-24(17)13-15-6-4-7-16(12-15)25-18-9-2-3-10-20-18/h2-4,6-7,9-10,12,14,17H,5,8,11,13H2,1H3. The van der Waals surface area contributed by atoms with E-state index in [2.05, 4.69) is 32.2 Å². The summed E-state index contributed by atoms with van der Waals surface area (Å²) >= 11 is 0. The number of rotatable bonds is 5. The summed E-state index contributed by atoms with van der Waals surface area (Å²) in [5.74, 6) is 2.46. The average Bonchev–Trinajstić information content (AvgIpc) is 3.24. The van der Waals surface area contributed by atoms with Crippen LogP contribution in [0.15, 0.2) is 55.0 Å². The van der Waals surface area contributed by atoms with Crippen molar-refractivity contribution in [1.82, 2.24) is 24.6 Å². The lowest BCUT2D eigenvalue weighted by atomic mass is 10.1. The highest BCUT2D eigenvalue weighted by atomic mass is 16.5. The minimum absolute atomic E-state index is 0.327. The third-order valence-corrected chi connectivity index (χ3v) is 4.55. The Labute approximate surface area is 147 Å². The van der Waals surface area contributed by atoms with Crippen LogP contribution in [0.4, 0.5) is 0 Å². The van der Waals surface area contributed by atoms with Crippen LogP contribution in [0.3, 0.4) is 0 Å². The summed E-state index contributed by atoms with van der Waals surface area (Å²) in [6, 6.07) is 14.2. The van der Waals surface area contributed by atoms with E-state index >= 15 is 0 Å². The zero-order chi connectivity index (χ0) is 17.1. The number of hydrogen-bond donors (Lipinski definition) is 0. The molecule has 4 rings (SSSR count). The molecular weight excluding hydrogens is 314 g/mol. The number of nitrogens with zero attached hydrogens (tertiary/aromatic N) is 5. The normalized spacial score (nSPS) is 17.7. The van der Waals surface area contributed by atoms with Gasteiger partial charge >= 0.3 is 0 Å². The van der Waals surface area contributed by atoms with E-state index in [-0.39, 0.29) is 0 Å². The van der Waals surface area contributed by atoms with Gasteiger partial charge in [0.1, 0.15) is 17.9 Å². The second-order valence-electron chi connectivity index (χ2n) is 6.35. The number of likely N-dealkylation sites (tertiary alicyclic amines) is 1. The lowest BCUT2D eigenvalue weighted by molar-refractivity contribution is 0.236. The largest absolute Gasteiger partial charge is 0.439 e. The van der Waals surface area contributed by atoms with E-state index in [0.717, 1.165) is 31.1 Å². The molecular formula is C19H21N5O. The van der Waals surface area contributed by atoms with Gasteiger partial charge in [0.15, 0.2) is 0 Å². The zero-order valence-electron chi connectivity index (χ0n) is 14.2. The van der Waals surface area contributed by atoms with Crippen molar-refractivity contribution in [3.8, 4) is 11.6 Å². The first-order valence-corrected chi connectivity index (χ1v) is 8.55. The first-order chi connectivity index (χ1) is 12.3. The minimum Gasteiger partial charge on any atom is -0.439 e. The van der Waals surface area contributed by atoms with Crippen LogP contribution < -0.4 is 4.74 Å². The van der Waals surface area contributed by atoms with Crippen LogP contribution in [0.25, 0.3) is 0 Å². The number of aromatic nitrogens is 4. The van der Waals surface area contributed by atoms with Crippen molar-refractivity contribution in [2.45, 2.75) is 25.4 Å². The molecule has 1 aliphatic rings. The molecule has 25 heavy (non-hydrogen) atoms. The van der Waals surface area contributed by atoms with Crippen molar-refractivity contribution in [3.63, 3.8) is 0 Å². The number of benzene rings is 1. The molecule has 6 heteroatoms. The van der Waals surface area contributed by atoms with Crippen molar-refractivity contribution in [2.24, 2.45) is 7.05 Å². The van der Waals surface area contributed by atoms with Crippen LogP contribution in [0.2, 0.25) is 0 Å². The van der Waals surface area contributed by atoms with Gasteiger partial charge in [-0.15, -0.1) is 10.2 Å². The molecule has 1 aromatic carbocycles. The summed E-state index contributed by atoms with van der Waals surface area (Å²) in [7, 11) is 2.01. The Morgan fingerprint density at radius 1 is 1.20 bits per heavy atom. The van der Waals surface area contributed by atoms with Gasteiger partial charge in [0.25, 0.3) is 0 Å². The maximum absolute atomic E-state index is 5.85. The molecule has 3 heterocycles. The van der Waals surface area contributed by atoms with Crippen LogP contribution in [0.1, 0.15) is 30.3 Å². The number of aryl methyl sites for hydroxylation is 1. The molecule has 1 fully saturated rings. The summed E-state index contributed by atoms with van der Waals surface area (Å²) in [4.78, 5) is 6.67. The molecule has 0 bridgehead atoms. The summed E-state index contributed by atoms with van der Waals surface area (Å²) in [5, 5.41) is 8.33. The Balaban J connectivity index is 1.49. The Morgan fingerprint density at radius 3 is 2.96 bits per heavy atom. The zero-order valence-corrected chi connectivity index (χ0v) is 14.2. The van der Waals surface area contributed by atoms with Crippen LogP contribution in [-0.4, -0.2) is 31.2 Å². The van der Waals surface area contributed by atoms with Crippen molar-refractivity contribution in [1.29, 1.82) is 0 Å². The van der Waals surface area contributed by atoms with E-state index in [1.807, 2.05) is 41.9 Å². The van der Waals surface area contributed by atoms with E-state index in [9.17, 15) is 0 Å². The minimum atomic E-state index is 0.327.